The first-order chi connectivity index (χ1) is 8.77. The van der Waals surface area contributed by atoms with Crippen molar-refractivity contribution in [2.75, 3.05) is 25.5 Å². The van der Waals surface area contributed by atoms with Gasteiger partial charge in [0.1, 0.15) is 5.82 Å². The number of carbonyl (C=O) groups excluding carboxylic acids is 1. The lowest BCUT2D eigenvalue weighted by Gasteiger charge is -2.37. The summed E-state index contributed by atoms with van der Waals surface area (Å²) in [6.45, 7) is 0.388. The van der Waals surface area contributed by atoms with Gasteiger partial charge in [-0.15, -0.1) is 0 Å². The third-order valence-corrected chi connectivity index (χ3v) is 3.39. The van der Waals surface area contributed by atoms with Crippen LogP contribution in [0.5, 0.6) is 0 Å². The molecule has 5 heteroatoms. The summed E-state index contributed by atoms with van der Waals surface area (Å²) >= 11 is 0. The quantitative estimate of drug-likeness (QED) is 0.820. The van der Waals surface area contributed by atoms with Crippen LogP contribution in [0.3, 0.4) is 0 Å². The van der Waals surface area contributed by atoms with E-state index in [1.807, 2.05) is 0 Å². The number of nitrogens with one attached hydrogen (secondary N) is 1. The van der Waals surface area contributed by atoms with Crippen LogP contribution in [0.15, 0.2) is 18.3 Å². The lowest BCUT2D eigenvalue weighted by Crippen LogP contribution is -2.45. The molecule has 0 aromatic carbocycles. The molecular formula is C13H19N3O2. The Morgan fingerprint density at radius 3 is 2.94 bits per heavy atom. The Kier molecular flexibility index (Phi) is 4.15. The van der Waals surface area contributed by atoms with E-state index in [2.05, 4.69) is 10.3 Å². The molecule has 0 saturated heterocycles. The maximum Gasteiger partial charge on any atom is 0.257 e. The molecule has 1 aromatic rings. The number of aliphatic hydroxyl groups is 1. The van der Waals surface area contributed by atoms with Gasteiger partial charge in [-0.05, 0) is 31.4 Å². The molecule has 18 heavy (non-hydrogen) atoms. The van der Waals surface area contributed by atoms with Crippen molar-refractivity contribution in [3.05, 3.63) is 23.9 Å². The Morgan fingerprint density at radius 2 is 2.39 bits per heavy atom. The number of hydrogen-bond acceptors (Lipinski definition) is 4. The van der Waals surface area contributed by atoms with Gasteiger partial charge in [0, 0.05) is 25.8 Å². The fourth-order valence-electron chi connectivity index (χ4n) is 2.19. The highest BCUT2D eigenvalue weighted by atomic mass is 16.3. The summed E-state index contributed by atoms with van der Waals surface area (Å²) in [6.07, 6.45) is 4.87. The van der Waals surface area contributed by atoms with Crippen LogP contribution in [0.1, 0.15) is 29.6 Å². The number of anilines is 1. The van der Waals surface area contributed by atoms with Crippen LogP contribution in [0.4, 0.5) is 5.82 Å². The molecule has 5 nitrogen and oxygen atoms in total. The number of nitrogens with zero attached hydrogens (tertiary/aromatic N) is 2. The number of amides is 1. The van der Waals surface area contributed by atoms with Gasteiger partial charge in [0.15, 0.2) is 0 Å². The molecule has 1 aliphatic carbocycles. The maximum atomic E-state index is 12.5. The van der Waals surface area contributed by atoms with Crippen molar-refractivity contribution < 1.29 is 9.90 Å². The number of aliphatic hydroxyl groups excluding tert-OH is 1. The summed E-state index contributed by atoms with van der Waals surface area (Å²) in [7, 11) is 1.75. The van der Waals surface area contributed by atoms with Gasteiger partial charge in [0.25, 0.3) is 5.91 Å². The highest BCUT2D eigenvalue weighted by Crippen LogP contribution is 2.27. The van der Waals surface area contributed by atoms with Crippen LogP contribution >= 0.6 is 0 Å². The number of pyridine rings is 1. The van der Waals surface area contributed by atoms with E-state index in [4.69, 9.17) is 5.11 Å². The molecule has 0 unspecified atom stereocenters. The molecule has 0 bridgehead atoms. The number of aromatic nitrogens is 1. The van der Waals surface area contributed by atoms with Gasteiger partial charge < -0.3 is 15.3 Å². The van der Waals surface area contributed by atoms with Gasteiger partial charge in [-0.3, -0.25) is 4.79 Å². The van der Waals surface area contributed by atoms with E-state index in [0.29, 0.717) is 17.9 Å². The zero-order valence-corrected chi connectivity index (χ0v) is 10.6. The average Bonchev–Trinajstić information content (AvgIpc) is 2.35. The number of rotatable bonds is 5. The molecule has 98 valence electrons. The monoisotopic (exact) mass is 249 g/mol. The van der Waals surface area contributed by atoms with Crippen LogP contribution in [0.25, 0.3) is 0 Å². The minimum absolute atomic E-state index is 0.00259. The van der Waals surface area contributed by atoms with Crippen molar-refractivity contribution in [2.45, 2.75) is 25.3 Å². The molecule has 0 aliphatic heterocycles. The second kappa shape index (κ2) is 5.82. The summed E-state index contributed by atoms with van der Waals surface area (Å²) in [5.41, 5.74) is 0.570. The molecule has 0 spiro atoms. The molecule has 1 amide bonds. The van der Waals surface area contributed by atoms with Crippen molar-refractivity contribution in [1.82, 2.24) is 9.88 Å². The van der Waals surface area contributed by atoms with E-state index in [1.54, 1.807) is 30.3 Å². The Hall–Kier alpha value is -1.62. The van der Waals surface area contributed by atoms with Crippen molar-refractivity contribution in [3.8, 4) is 0 Å². The maximum absolute atomic E-state index is 12.5. The van der Waals surface area contributed by atoms with E-state index in [1.165, 1.54) is 0 Å². The van der Waals surface area contributed by atoms with Crippen molar-refractivity contribution >= 4 is 11.7 Å². The first-order valence-electron chi connectivity index (χ1n) is 6.32. The van der Waals surface area contributed by atoms with Gasteiger partial charge >= 0.3 is 0 Å². The van der Waals surface area contributed by atoms with E-state index >= 15 is 0 Å². The fraction of sp³-hybridized carbons (Fsp3) is 0.538. The lowest BCUT2D eigenvalue weighted by molar-refractivity contribution is 0.0526. The van der Waals surface area contributed by atoms with Gasteiger partial charge in [-0.1, -0.05) is 0 Å². The Morgan fingerprint density at radius 1 is 1.61 bits per heavy atom. The standard InChI is InChI=1S/C13H19N3O2/c1-14-12-11(6-3-7-15-12)13(18)16(8-9-17)10-4-2-5-10/h3,6-7,10,17H,2,4-5,8-9H2,1H3,(H,14,15). The predicted molar refractivity (Wildman–Crippen MR) is 69.5 cm³/mol. The summed E-state index contributed by atoms with van der Waals surface area (Å²) in [5.74, 6) is 0.538. The summed E-state index contributed by atoms with van der Waals surface area (Å²) < 4.78 is 0. The highest BCUT2D eigenvalue weighted by molar-refractivity contribution is 5.98. The Labute approximate surface area is 107 Å². The molecule has 1 heterocycles. The van der Waals surface area contributed by atoms with Crippen LogP contribution < -0.4 is 5.32 Å². The molecule has 0 radical (unpaired) electrons. The average molecular weight is 249 g/mol. The van der Waals surface area contributed by atoms with Gasteiger partial charge in [-0.2, -0.15) is 0 Å². The zero-order valence-electron chi connectivity index (χ0n) is 10.6. The smallest absolute Gasteiger partial charge is 0.257 e. The third-order valence-electron chi connectivity index (χ3n) is 3.39. The second-order valence-corrected chi connectivity index (χ2v) is 4.46. The van der Waals surface area contributed by atoms with E-state index in [0.717, 1.165) is 19.3 Å². The van der Waals surface area contributed by atoms with Gasteiger partial charge in [0.05, 0.1) is 12.2 Å². The molecule has 2 rings (SSSR count). The highest BCUT2D eigenvalue weighted by Gasteiger charge is 2.30. The second-order valence-electron chi connectivity index (χ2n) is 4.46. The number of hydrogen-bond donors (Lipinski definition) is 2. The van der Waals surface area contributed by atoms with E-state index < -0.39 is 0 Å². The largest absolute Gasteiger partial charge is 0.395 e. The van der Waals surface area contributed by atoms with Gasteiger partial charge in [0.2, 0.25) is 0 Å². The summed E-state index contributed by atoms with van der Waals surface area (Å²) in [6, 6.07) is 3.80. The molecule has 2 N–H and O–H groups in total. The summed E-state index contributed by atoms with van der Waals surface area (Å²) in [4.78, 5) is 18.4. The topological polar surface area (TPSA) is 65.5 Å². The summed E-state index contributed by atoms with van der Waals surface area (Å²) in [5, 5.41) is 12.0. The zero-order chi connectivity index (χ0) is 13.0. The van der Waals surface area contributed by atoms with Crippen LogP contribution in [-0.4, -0.2) is 47.1 Å². The van der Waals surface area contributed by atoms with Crippen LogP contribution in [-0.2, 0) is 0 Å². The Balaban J connectivity index is 2.21. The molecular weight excluding hydrogens is 230 g/mol. The minimum Gasteiger partial charge on any atom is -0.395 e. The van der Waals surface area contributed by atoms with Gasteiger partial charge in [-0.25, -0.2) is 4.98 Å². The van der Waals surface area contributed by atoms with Crippen LogP contribution in [0.2, 0.25) is 0 Å². The first-order valence-corrected chi connectivity index (χ1v) is 6.32. The SMILES string of the molecule is CNc1ncccc1C(=O)N(CCO)C1CCC1. The van der Waals surface area contributed by atoms with Crippen molar-refractivity contribution in [3.63, 3.8) is 0 Å². The van der Waals surface area contributed by atoms with Crippen LogP contribution in [0, 0.1) is 0 Å². The van der Waals surface area contributed by atoms with E-state index in [-0.39, 0.29) is 18.6 Å². The normalized spacial score (nSPS) is 15.0. The molecule has 1 aliphatic rings. The first kappa shape index (κ1) is 12.8. The lowest BCUT2D eigenvalue weighted by atomic mass is 9.91. The van der Waals surface area contributed by atoms with Crippen molar-refractivity contribution in [2.24, 2.45) is 0 Å². The molecule has 1 aromatic heterocycles. The predicted octanol–water partition coefficient (Wildman–Crippen LogP) is 1.11. The fourth-order valence-corrected chi connectivity index (χ4v) is 2.19. The molecule has 1 fully saturated rings. The molecule has 1 saturated carbocycles. The van der Waals surface area contributed by atoms with Crippen molar-refractivity contribution in [1.29, 1.82) is 0 Å². The number of carbonyl (C=O) groups is 1. The molecule has 0 atom stereocenters. The van der Waals surface area contributed by atoms with E-state index in [9.17, 15) is 4.79 Å². The third kappa shape index (κ3) is 2.46. The Bertz CT molecular complexity index is 418. The minimum atomic E-state index is -0.0498.